The van der Waals surface area contributed by atoms with Crippen molar-refractivity contribution in [3.05, 3.63) is 29.8 Å². The SMILES string of the molecule is CCCN(CCO)CC(=O)Nc1cccc(C#N)c1. The minimum absolute atomic E-state index is 0.0389. The zero-order chi connectivity index (χ0) is 14.1. The maximum absolute atomic E-state index is 11.9. The molecule has 0 fully saturated rings. The Labute approximate surface area is 113 Å². The fourth-order valence-corrected chi connectivity index (χ4v) is 1.80. The van der Waals surface area contributed by atoms with Crippen LogP contribution >= 0.6 is 0 Å². The summed E-state index contributed by atoms with van der Waals surface area (Å²) < 4.78 is 0. The predicted octanol–water partition coefficient (Wildman–Crippen LogP) is 1.20. The molecule has 1 rings (SSSR count). The number of rotatable bonds is 7. The van der Waals surface area contributed by atoms with E-state index in [0.29, 0.717) is 17.8 Å². The molecule has 5 heteroatoms. The first-order valence-corrected chi connectivity index (χ1v) is 6.32. The van der Waals surface area contributed by atoms with Crippen LogP contribution in [0.3, 0.4) is 0 Å². The van der Waals surface area contributed by atoms with Gasteiger partial charge in [-0.15, -0.1) is 0 Å². The van der Waals surface area contributed by atoms with Gasteiger partial charge in [-0.25, -0.2) is 0 Å². The summed E-state index contributed by atoms with van der Waals surface area (Å²) in [4.78, 5) is 13.7. The molecule has 0 radical (unpaired) electrons. The fourth-order valence-electron chi connectivity index (χ4n) is 1.80. The van der Waals surface area contributed by atoms with Gasteiger partial charge in [0.25, 0.3) is 0 Å². The summed E-state index contributed by atoms with van der Waals surface area (Å²) >= 11 is 0. The van der Waals surface area contributed by atoms with Crippen molar-refractivity contribution in [3.63, 3.8) is 0 Å². The summed E-state index contributed by atoms with van der Waals surface area (Å²) in [7, 11) is 0. The molecule has 1 aromatic rings. The van der Waals surface area contributed by atoms with Gasteiger partial charge in [0.05, 0.1) is 24.8 Å². The molecular formula is C14H19N3O2. The lowest BCUT2D eigenvalue weighted by atomic mass is 10.2. The Morgan fingerprint density at radius 1 is 1.47 bits per heavy atom. The first-order chi connectivity index (χ1) is 9.19. The summed E-state index contributed by atoms with van der Waals surface area (Å²) in [5.74, 6) is -0.142. The second kappa shape index (κ2) is 8.25. The molecule has 102 valence electrons. The highest BCUT2D eigenvalue weighted by Gasteiger charge is 2.09. The van der Waals surface area contributed by atoms with Crippen LogP contribution in [0.2, 0.25) is 0 Å². The van der Waals surface area contributed by atoms with Gasteiger partial charge in [-0.05, 0) is 31.2 Å². The molecule has 0 saturated carbocycles. The molecule has 0 aliphatic heterocycles. The Kier molecular flexibility index (Phi) is 6.58. The number of hydrogen-bond donors (Lipinski definition) is 2. The normalized spacial score (nSPS) is 10.2. The number of amides is 1. The van der Waals surface area contributed by atoms with E-state index < -0.39 is 0 Å². The summed E-state index contributed by atoms with van der Waals surface area (Å²) in [6.07, 6.45) is 0.928. The molecule has 19 heavy (non-hydrogen) atoms. The molecule has 0 aromatic heterocycles. The highest BCUT2D eigenvalue weighted by atomic mass is 16.3. The van der Waals surface area contributed by atoms with Crippen LogP contribution in [-0.4, -0.2) is 42.2 Å². The van der Waals surface area contributed by atoms with Gasteiger partial charge in [-0.2, -0.15) is 5.26 Å². The maximum atomic E-state index is 11.9. The lowest BCUT2D eigenvalue weighted by Crippen LogP contribution is -2.35. The third-order valence-electron chi connectivity index (χ3n) is 2.60. The van der Waals surface area contributed by atoms with Crippen molar-refractivity contribution in [2.24, 2.45) is 0 Å². The van der Waals surface area contributed by atoms with Crippen molar-refractivity contribution in [1.82, 2.24) is 4.90 Å². The van der Waals surface area contributed by atoms with E-state index >= 15 is 0 Å². The Balaban J connectivity index is 2.56. The van der Waals surface area contributed by atoms with Gasteiger partial charge in [0.1, 0.15) is 0 Å². The van der Waals surface area contributed by atoms with Crippen LogP contribution in [0.4, 0.5) is 5.69 Å². The van der Waals surface area contributed by atoms with Crippen LogP contribution in [0.1, 0.15) is 18.9 Å². The number of aliphatic hydroxyl groups excluding tert-OH is 1. The largest absolute Gasteiger partial charge is 0.395 e. The van der Waals surface area contributed by atoms with Gasteiger partial charge >= 0.3 is 0 Å². The predicted molar refractivity (Wildman–Crippen MR) is 73.6 cm³/mol. The molecular weight excluding hydrogens is 242 g/mol. The van der Waals surface area contributed by atoms with Crippen molar-refractivity contribution in [3.8, 4) is 6.07 Å². The van der Waals surface area contributed by atoms with Gasteiger partial charge in [0.2, 0.25) is 5.91 Å². The molecule has 0 heterocycles. The second-order valence-electron chi connectivity index (χ2n) is 4.24. The van der Waals surface area contributed by atoms with E-state index in [9.17, 15) is 4.79 Å². The number of anilines is 1. The van der Waals surface area contributed by atoms with Gasteiger partial charge < -0.3 is 10.4 Å². The van der Waals surface area contributed by atoms with Crippen LogP contribution in [0.25, 0.3) is 0 Å². The molecule has 1 amide bonds. The van der Waals surface area contributed by atoms with Crippen LogP contribution < -0.4 is 5.32 Å². The Hall–Kier alpha value is -1.90. The van der Waals surface area contributed by atoms with Crippen molar-refractivity contribution < 1.29 is 9.90 Å². The summed E-state index contributed by atoms with van der Waals surface area (Å²) in [5, 5.41) is 20.5. The molecule has 5 nitrogen and oxygen atoms in total. The lowest BCUT2D eigenvalue weighted by Gasteiger charge is -2.19. The average Bonchev–Trinajstić information content (AvgIpc) is 2.39. The highest BCUT2D eigenvalue weighted by Crippen LogP contribution is 2.09. The van der Waals surface area contributed by atoms with E-state index in [1.165, 1.54) is 0 Å². The Bertz CT molecular complexity index is 448. The minimum atomic E-state index is -0.142. The zero-order valence-electron chi connectivity index (χ0n) is 11.1. The quantitative estimate of drug-likeness (QED) is 0.773. The monoisotopic (exact) mass is 261 g/mol. The molecule has 0 aliphatic rings. The number of hydrogen-bond acceptors (Lipinski definition) is 4. The number of carbonyl (C=O) groups excluding carboxylic acids is 1. The van der Waals surface area contributed by atoms with Gasteiger partial charge in [-0.1, -0.05) is 13.0 Å². The van der Waals surface area contributed by atoms with Crippen LogP contribution in [0, 0.1) is 11.3 Å². The van der Waals surface area contributed by atoms with E-state index in [-0.39, 0.29) is 19.1 Å². The van der Waals surface area contributed by atoms with E-state index in [0.717, 1.165) is 13.0 Å². The third-order valence-corrected chi connectivity index (χ3v) is 2.60. The van der Waals surface area contributed by atoms with Crippen molar-refractivity contribution in [2.45, 2.75) is 13.3 Å². The van der Waals surface area contributed by atoms with Crippen molar-refractivity contribution in [1.29, 1.82) is 5.26 Å². The number of carbonyl (C=O) groups is 1. The van der Waals surface area contributed by atoms with Crippen molar-refractivity contribution >= 4 is 11.6 Å². The number of benzene rings is 1. The van der Waals surface area contributed by atoms with E-state index in [1.54, 1.807) is 24.3 Å². The standard InChI is InChI=1S/C14H19N3O2/c1-2-6-17(7-8-18)11-14(19)16-13-5-3-4-12(9-13)10-15/h3-5,9,18H,2,6-8,11H2,1H3,(H,16,19). The average molecular weight is 261 g/mol. The first-order valence-electron chi connectivity index (χ1n) is 6.32. The van der Waals surface area contributed by atoms with Crippen LogP contribution in [-0.2, 0) is 4.79 Å². The number of aliphatic hydroxyl groups is 1. The molecule has 1 aromatic carbocycles. The number of nitrogens with one attached hydrogen (secondary N) is 1. The van der Waals surface area contributed by atoms with Gasteiger partial charge in [-0.3, -0.25) is 9.69 Å². The number of nitrogens with zero attached hydrogens (tertiary/aromatic N) is 2. The molecule has 2 N–H and O–H groups in total. The third kappa shape index (κ3) is 5.51. The Morgan fingerprint density at radius 2 is 2.26 bits per heavy atom. The van der Waals surface area contributed by atoms with Crippen LogP contribution in [0.5, 0.6) is 0 Å². The summed E-state index contributed by atoms with van der Waals surface area (Å²) in [6.45, 7) is 3.56. The topological polar surface area (TPSA) is 76.4 Å². The molecule has 0 saturated heterocycles. The molecule has 0 aliphatic carbocycles. The molecule has 0 unspecified atom stereocenters. The lowest BCUT2D eigenvalue weighted by molar-refractivity contribution is -0.117. The van der Waals surface area contributed by atoms with Crippen molar-refractivity contribution in [2.75, 3.05) is 31.6 Å². The Morgan fingerprint density at radius 3 is 2.89 bits per heavy atom. The second-order valence-corrected chi connectivity index (χ2v) is 4.24. The van der Waals surface area contributed by atoms with E-state index in [1.807, 2.05) is 17.9 Å². The maximum Gasteiger partial charge on any atom is 0.238 e. The summed E-state index contributed by atoms with van der Waals surface area (Å²) in [5.41, 5.74) is 1.13. The fraction of sp³-hybridized carbons (Fsp3) is 0.429. The van der Waals surface area contributed by atoms with E-state index in [4.69, 9.17) is 10.4 Å². The minimum Gasteiger partial charge on any atom is -0.395 e. The van der Waals surface area contributed by atoms with E-state index in [2.05, 4.69) is 5.32 Å². The smallest absolute Gasteiger partial charge is 0.238 e. The highest BCUT2D eigenvalue weighted by molar-refractivity contribution is 5.92. The van der Waals surface area contributed by atoms with Gasteiger partial charge in [0.15, 0.2) is 0 Å². The molecule has 0 bridgehead atoms. The van der Waals surface area contributed by atoms with Crippen LogP contribution in [0.15, 0.2) is 24.3 Å². The molecule has 0 spiro atoms. The summed E-state index contributed by atoms with van der Waals surface area (Å²) in [6, 6.07) is 8.82. The number of nitriles is 1. The first kappa shape index (κ1) is 15.2. The zero-order valence-corrected chi connectivity index (χ0v) is 11.1. The van der Waals surface area contributed by atoms with Gasteiger partial charge in [0, 0.05) is 12.2 Å². The molecule has 0 atom stereocenters.